The first-order valence-electron chi connectivity index (χ1n) is 6.18. The number of ether oxygens (including phenoxy) is 1. The summed E-state index contributed by atoms with van der Waals surface area (Å²) in [6, 6.07) is 0. The third-order valence-corrected chi connectivity index (χ3v) is 3.52. The van der Waals surface area contributed by atoms with Gasteiger partial charge >= 0.3 is 11.7 Å². The van der Waals surface area contributed by atoms with Crippen molar-refractivity contribution >= 4 is 34.3 Å². The summed E-state index contributed by atoms with van der Waals surface area (Å²) in [7, 11) is 2.82. The molecule has 0 atom stereocenters. The van der Waals surface area contributed by atoms with Crippen molar-refractivity contribution in [2.45, 2.75) is 13.8 Å². The molecule has 0 amide bonds. The molecule has 1 heterocycles. The monoisotopic (exact) mass is 314 g/mol. The van der Waals surface area contributed by atoms with Crippen LogP contribution in [0.1, 0.15) is 13.8 Å². The number of nitrogens with zero attached hydrogens (tertiary/aromatic N) is 3. The Morgan fingerprint density at radius 1 is 1.33 bits per heavy atom. The average molecular weight is 314 g/mol. The van der Waals surface area contributed by atoms with Crippen molar-refractivity contribution < 1.29 is 9.53 Å². The van der Waals surface area contributed by atoms with Gasteiger partial charge in [0.15, 0.2) is 5.82 Å². The maximum absolute atomic E-state index is 11.8. The third kappa shape index (κ3) is 3.97. The van der Waals surface area contributed by atoms with Gasteiger partial charge in [0.1, 0.15) is 5.69 Å². The largest absolute Gasteiger partial charge is 0.465 e. The van der Waals surface area contributed by atoms with Crippen molar-refractivity contribution in [3.63, 3.8) is 0 Å². The molecule has 1 rings (SSSR count). The zero-order valence-corrected chi connectivity index (χ0v) is 13.2. The number of carbonyl (C=O) groups is 1. The van der Waals surface area contributed by atoms with Gasteiger partial charge in [-0.05, 0) is 13.8 Å². The SMILES string of the molecule is CCOC(=O)CS/C(C)=N/c1c(N)c(=O)n(C)c(=O)n1C. The van der Waals surface area contributed by atoms with Gasteiger partial charge in [0.25, 0.3) is 5.56 Å². The number of aromatic nitrogens is 2. The summed E-state index contributed by atoms with van der Waals surface area (Å²) >= 11 is 1.15. The van der Waals surface area contributed by atoms with Crippen LogP contribution in [0.2, 0.25) is 0 Å². The van der Waals surface area contributed by atoms with Crippen molar-refractivity contribution in [3.8, 4) is 0 Å². The molecule has 0 saturated heterocycles. The van der Waals surface area contributed by atoms with Gasteiger partial charge in [-0.1, -0.05) is 11.8 Å². The Kier molecular flexibility index (Phi) is 5.77. The number of aliphatic imine (C=N–C) groups is 1. The Morgan fingerprint density at radius 3 is 2.52 bits per heavy atom. The number of hydrogen-bond donors (Lipinski definition) is 1. The lowest BCUT2D eigenvalue weighted by Crippen LogP contribution is -2.38. The molecule has 0 spiro atoms. The zero-order valence-electron chi connectivity index (χ0n) is 12.4. The summed E-state index contributed by atoms with van der Waals surface area (Å²) in [5, 5.41) is 0.498. The fourth-order valence-electron chi connectivity index (χ4n) is 1.54. The molecule has 8 nitrogen and oxygen atoms in total. The van der Waals surface area contributed by atoms with E-state index in [4.69, 9.17) is 10.5 Å². The van der Waals surface area contributed by atoms with Crippen molar-refractivity contribution in [3.05, 3.63) is 20.8 Å². The highest BCUT2D eigenvalue weighted by Gasteiger charge is 2.13. The van der Waals surface area contributed by atoms with E-state index in [9.17, 15) is 14.4 Å². The molecule has 21 heavy (non-hydrogen) atoms. The Bertz CT molecular complexity index is 652. The molecular weight excluding hydrogens is 296 g/mol. The minimum atomic E-state index is -0.597. The van der Waals surface area contributed by atoms with E-state index in [0.717, 1.165) is 16.3 Å². The molecule has 0 fully saturated rings. The molecule has 0 unspecified atom stereocenters. The van der Waals surface area contributed by atoms with Crippen LogP contribution in [0, 0.1) is 0 Å². The molecule has 0 aliphatic rings. The number of hydrogen-bond acceptors (Lipinski definition) is 7. The van der Waals surface area contributed by atoms with E-state index in [1.165, 1.54) is 18.7 Å². The van der Waals surface area contributed by atoms with E-state index in [1.807, 2.05) is 0 Å². The first kappa shape index (κ1) is 17.0. The van der Waals surface area contributed by atoms with Crippen LogP contribution in [0.4, 0.5) is 11.5 Å². The molecule has 0 radical (unpaired) electrons. The Morgan fingerprint density at radius 2 is 1.95 bits per heavy atom. The van der Waals surface area contributed by atoms with Crippen LogP contribution in [0.3, 0.4) is 0 Å². The number of rotatable bonds is 4. The van der Waals surface area contributed by atoms with Crippen LogP contribution < -0.4 is 17.0 Å². The molecule has 0 aromatic carbocycles. The van der Waals surface area contributed by atoms with Crippen LogP contribution in [-0.4, -0.2) is 32.5 Å². The van der Waals surface area contributed by atoms with Crippen molar-refractivity contribution in [2.75, 3.05) is 18.1 Å². The summed E-state index contributed by atoms with van der Waals surface area (Å²) < 4.78 is 6.89. The van der Waals surface area contributed by atoms with Gasteiger partial charge in [-0.15, -0.1) is 0 Å². The first-order chi connectivity index (χ1) is 9.79. The molecule has 2 N–H and O–H groups in total. The molecular formula is C12H18N4O4S. The lowest BCUT2D eigenvalue weighted by molar-refractivity contribution is -0.139. The van der Waals surface area contributed by atoms with Crippen LogP contribution in [-0.2, 0) is 23.6 Å². The van der Waals surface area contributed by atoms with E-state index in [0.29, 0.717) is 11.7 Å². The molecule has 1 aromatic rings. The maximum Gasteiger partial charge on any atom is 0.332 e. The summed E-state index contributed by atoms with van der Waals surface area (Å²) in [5.74, 6) is -0.179. The summed E-state index contributed by atoms with van der Waals surface area (Å²) in [4.78, 5) is 39.0. The van der Waals surface area contributed by atoms with Crippen LogP contribution >= 0.6 is 11.8 Å². The number of nitrogens with two attached hydrogens (primary N) is 1. The Labute approximate surface area is 125 Å². The first-order valence-corrected chi connectivity index (χ1v) is 7.17. The molecule has 0 saturated carbocycles. The standard InChI is InChI=1S/C12H18N4O4S/c1-5-20-8(17)6-21-7(2)14-10-9(13)11(18)16(4)12(19)15(10)3/h5-6,13H2,1-4H3/b14-7+. The second-order valence-corrected chi connectivity index (χ2v) is 5.34. The summed E-state index contributed by atoms with van der Waals surface area (Å²) in [6.07, 6.45) is 0. The van der Waals surface area contributed by atoms with Crippen molar-refractivity contribution in [1.82, 2.24) is 9.13 Å². The summed E-state index contributed by atoms with van der Waals surface area (Å²) in [5.41, 5.74) is 4.47. The minimum Gasteiger partial charge on any atom is -0.465 e. The zero-order chi connectivity index (χ0) is 16.2. The van der Waals surface area contributed by atoms with Gasteiger partial charge < -0.3 is 10.5 Å². The number of carbonyl (C=O) groups excluding carboxylic acids is 1. The average Bonchev–Trinajstić information content (AvgIpc) is 2.46. The molecule has 116 valence electrons. The second-order valence-electron chi connectivity index (χ2n) is 4.17. The van der Waals surface area contributed by atoms with Gasteiger partial charge in [-0.25, -0.2) is 9.79 Å². The molecule has 1 aromatic heterocycles. The topological polar surface area (TPSA) is 109 Å². The van der Waals surface area contributed by atoms with E-state index in [2.05, 4.69) is 4.99 Å². The second kappa shape index (κ2) is 7.11. The lowest BCUT2D eigenvalue weighted by Gasteiger charge is -2.09. The number of nitrogen functional groups attached to an aromatic ring is 1. The number of thioether (sulfide) groups is 1. The molecule has 0 aliphatic carbocycles. The predicted molar refractivity (Wildman–Crippen MR) is 83.2 cm³/mol. The van der Waals surface area contributed by atoms with E-state index >= 15 is 0 Å². The van der Waals surface area contributed by atoms with Gasteiger partial charge in [0.2, 0.25) is 0 Å². The fourth-order valence-corrected chi connectivity index (χ4v) is 2.10. The quantitative estimate of drug-likeness (QED) is 0.476. The van der Waals surface area contributed by atoms with Crippen LogP contribution in [0.5, 0.6) is 0 Å². The highest BCUT2D eigenvalue weighted by molar-refractivity contribution is 8.14. The van der Waals surface area contributed by atoms with E-state index in [1.54, 1.807) is 13.8 Å². The van der Waals surface area contributed by atoms with Crippen molar-refractivity contribution in [1.29, 1.82) is 0 Å². The summed E-state index contributed by atoms with van der Waals surface area (Å²) in [6.45, 7) is 3.69. The third-order valence-electron chi connectivity index (χ3n) is 2.64. The Hall–Kier alpha value is -2.03. The van der Waals surface area contributed by atoms with Crippen molar-refractivity contribution in [2.24, 2.45) is 19.1 Å². The number of anilines is 1. The highest BCUT2D eigenvalue weighted by Crippen LogP contribution is 2.18. The highest BCUT2D eigenvalue weighted by atomic mass is 32.2. The van der Waals surface area contributed by atoms with Gasteiger partial charge in [-0.2, -0.15) is 0 Å². The van der Waals surface area contributed by atoms with E-state index < -0.39 is 11.2 Å². The Balaban J connectivity index is 3.07. The minimum absolute atomic E-state index is 0.0805. The number of esters is 1. The lowest BCUT2D eigenvalue weighted by atomic mass is 10.4. The molecule has 0 bridgehead atoms. The smallest absolute Gasteiger partial charge is 0.332 e. The van der Waals surface area contributed by atoms with Crippen LogP contribution in [0.15, 0.2) is 14.6 Å². The van der Waals surface area contributed by atoms with Crippen LogP contribution in [0.25, 0.3) is 0 Å². The fraction of sp³-hybridized carbons (Fsp3) is 0.500. The maximum atomic E-state index is 11.8. The van der Waals surface area contributed by atoms with Gasteiger partial charge in [0.05, 0.1) is 17.4 Å². The van der Waals surface area contributed by atoms with Gasteiger partial charge in [0, 0.05) is 14.1 Å². The molecule has 0 aliphatic heterocycles. The van der Waals surface area contributed by atoms with E-state index in [-0.39, 0.29) is 23.2 Å². The molecule has 9 heteroatoms. The predicted octanol–water partition coefficient (Wildman–Crippen LogP) is 0.0124. The van der Waals surface area contributed by atoms with Gasteiger partial charge in [-0.3, -0.25) is 18.7 Å². The normalized spacial score (nSPS) is 11.5.